The fourth-order valence-corrected chi connectivity index (χ4v) is 2.75. The molecule has 0 atom stereocenters. The van der Waals surface area contributed by atoms with Gasteiger partial charge in [-0.1, -0.05) is 37.3 Å². The van der Waals surface area contributed by atoms with E-state index in [0.717, 1.165) is 28.5 Å². The maximum atomic E-state index is 12.3. The highest BCUT2D eigenvalue weighted by Gasteiger charge is 2.32. The Morgan fingerprint density at radius 3 is 2.57 bits per heavy atom. The van der Waals surface area contributed by atoms with Gasteiger partial charge in [0.25, 0.3) is 5.91 Å². The predicted molar refractivity (Wildman–Crippen MR) is 89.0 cm³/mol. The number of nitrogens with zero attached hydrogens (tertiary/aromatic N) is 1. The Bertz CT molecular complexity index is 811. The summed E-state index contributed by atoms with van der Waals surface area (Å²) in [6.07, 6.45) is 2.45. The van der Waals surface area contributed by atoms with Crippen molar-refractivity contribution in [2.45, 2.75) is 13.3 Å². The molecule has 0 radical (unpaired) electrons. The van der Waals surface area contributed by atoms with Crippen molar-refractivity contribution in [2.75, 3.05) is 13.7 Å². The van der Waals surface area contributed by atoms with Crippen molar-refractivity contribution in [2.24, 2.45) is 0 Å². The van der Waals surface area contributed by atoms with E-state index in [2.05, 4.69) is 5.32 Å². The Morgan fingerprint density at radius 2 is 1.87 bits per heavy atom. The molecular weight excluding hydrogens is 292 g/mol. The third-order valence-electron chi connectivity index (χ3n) is 3.85. The van der Waals surface area contributed by atoms with Gasteiger partial charge in [0, 0.05) is 11.9 Å². The van der Waals surface area contributed by atoms with Gasteiger partial charge in [0.1, 0.15) is 11.4 Å². The van der Waals surface area contributed by atoms with Crippen molar-refractivity contribution in [3.8, 4) is 5.75 Å². The summed E-state index contributed by atoms with van der Waals surface area (Å²) >= 11 is 0. The number of hydrogen-bond acceptors (Lipinski definition) is 3. The molecule has 2 aromatic carbocycles. The number of carbonyl (C=O) groups excluding carboxylic acids is 2. The van der Waals surface area contributed by atoms with Crippen molar-refractivity contribution in [1.82, 2.24) is 10.2 Å². The summed E-state index contributed by atoms with van der Waals surface area (Å²) in [5, 5.41) is 4.58. The van der Waals surface area contributed by atoms with Crippen LogP contribution in [0.4, 0.5) is 4.79 Å². The van der Waals surface area contributed by atoms with Crippen molar-refractivity contribution in [1.29, 1.82) is 0 Å². The predicted octanol–water partition coefficient (Wildman–Crippen LogP) is 3.15. The smallest absolute Gasteiger partial charge is 0.329 e. The maximum absolute atomic E-state index is 12.3. The lowest BCUT2D eigenvalue weighted by molar-refractivity contribution is -0.122. The van der Waals surface area contributed by atoms with E-state index in [-0.39, 0.29) is 11.9 Å². The lowest BCUT2D eigenvalue weighted by Crippen LogP contribution is -2.31. The number of urea groups is 1. The molecule has 1 aliphatic heterocycles. The van der Waals surface area contributed by atoms with Gasteiger partial charge in [0.2, 0.25) is 0 Å². The molecule has 23 heavy (non-hydrogen) atoms. The molecule has 1 aliphatic rings. The van der Waals surface area contributed by atoms with E-state index < -0.39 is 0 Å². The van der Waals surface area contributed by atoms with Crippen molar-refractivity contribution < 1.29 is 14.3 Å². The minimum atomic E-state index is -0.360. The Labute approximate surface area is 134 Å². The van der Waals surface area contributed by atoms with Gasteiger partial charge >= 0.3 is 6.03 Å². The zero-order valence-electron chi connectivity index (χ0n) is 13.1. The van der Waals surface area contributed by atoms with E-state index in [4.69, 9.17) is 4.74 Å². The number of amides is 3. The second kappa shape index (κ2) is 6.12. The second-order valence-corrected chi connectivity index (χ2v) is 5.35. The van der Waals surface area contributed by atoms with E-state index in [1.54, 1.807) is 13.2 Å². The number of fused-ring (bicyclic) bond motifs is 1. The molecule has 0 unspecified atom stereocenters. The number of imide groups is 1. The molecule has 0 saturated carbocycles. The highest BCUT2D eigenvalue weighted by Crippen LogP contribution is 2.29. The van der Waals surface area contributed by atoms with Crippen LogP contribution in [0.1, 0.15) is 18.9 Å². The molecule has 0 bridgehead atoms. The van der Waals surface area contributed by atoms with Gasteiger partial charge in [-0.15, -0.1) is 0 Å². The van der Waals surface area contributed by atoms with Crippen molar-refractivity contribution >= 4 is 28.8 Å². The molecule has 1 fully saturated rings. The Morgan fingerprint density at radius 1 is 1.13 bits per heavy atom. The van der Waals surface area contributed by atoms with Crippen LogP contribution in [0, 0.1) is 0 Å². The number of nitrogens with one attached hydrogen (secondary N) is 1. The molecule has 0 aliphatic carbocycles. The van der Waals surface area contributed by atoms with Crippen LogP contribution in [-0.4, -0.2) is 30.5 Å². The van der Waals surface area contributed by atoms with E-state index in [1.165, 1.54) is 4.90 Å². The van der Waals surface area contributed by atoms with Gasteiger partial charge < -0.3 is 10.1 Å². The lowest BCUT2D eigenvalue weighted by Gasteiger charge is -2.09. The van der Waals surface area contributed by atoms with Crippen LogP contribution < -0.4 is 10.1 Å². The first-order valence-electron chi connectivity index (χ1n) is 7.56. The molecule has 118 valence electrons. The minimum Gasteiger partial charge on any atom is -0.496 e. The molecule has 0 spiro atoms. The summed E-state index contributed by atoms with van der Waals surface area (Å²) in [4.78, 5) is 25.4. The normalized spacial score (nSPS) is 16.3. The number of carbonyl (C=O) groups is 2. The summed E-state index contributed by atoms with van der Waals surface area (Å²) in [6.45, 7) is 2.35. The third kappa shape index (κ3) is 2.65. The second-order valence-electron chi connectivity index (χ2n) is 5.35. The van der Waals surface area contributed by atoms with Crippen molar-refractivity contribution in [3.05, 3.63) is 47.7 Å². The molecule has 1 saturated heterocycles. The summed E-state index contributed by atoms with van der Waals surface area (Å²) in [5.41, 5.74) is 1.17. The standard InChI is InChI=1S/C18H18N2O3/c1-3-10-20-17(21)15(19-18(20)22)11-12-8-9-16(23-2)14-7-5-4-6-13(12)14/h4-9,11H,3,10H2,1-2H3,(H,19,22)/b15-11+. The lowest BCUT2D eigenvalue weighted by atomic mass is 10.0. The van der Waals surface area contributed by atoms with E-state index in [0.29, 0.717) is 12.2 Å². The fraction of sp³-hybridized carbons (Fsp3) is 0.222. The van der Waals surface area contributed by atoms with E-state index in [9.17, 15) is 9.59 Å². The van der Waals surface area contributed by atoms with Gasteiger partial charge in [-0.3, -0.25) is 9.69 Å². The summed E-state index contributed by atoms with van der Waals surface area (Å²) < 4.78 is 5.37. The van der Waals surface area contributed by atoms with E-state index in [1.807, 2.05) is 43.3 Å². The van der Waals surface area contributed by atoms with Crippen molar-refractivity contribution in [3.63, 3.8) is 0 Å². The molecule has 2 aromatic rings. The van der Waals surface area contributed by atoms with Crippen LogP contribution in [0.15, 0.2) is 42.1 Å². The average Bonchev–Trinajstić information content (AvgIpc) is 2.83. The molecule has 3 amide bonds. The van der Waals surface area contributed by atoms with Crippen LogP contribution in [0.25, 0.3) is 16.8 Å². The van der Waals surface area contributed by atoms with E-state index >= 15 is 0 Å². The maximum Gasteiger partial charge on any atom is 0.329 e. The Kier molecular flexibility index (Phi) is 4.02. The largest absolute Gasteiger partial charge is 0.496 e. The van der Waals surface area contributed by atoms with Gasteiger partial charge in [-0.25, -0.2) is 4.79 Å². The number of ether oxygens (including phenoxy) is 1. The molecule has 5 nitrogen and oxygen atoms in total. The average molecular weight is 310 g/mol. The number of rotatable bonds is 4. The fourth-order valence-electron chi connectivity index (χ4n) is 2.75. The Hall–Kier alpha value is -2.82. The first kappa shape index (κ1) is 15.1. The first-order chi connectivity index (χ1) is 11.2. The van der Waals surface area contributed by atoms with Gasteiger partial charge in [0.15, 0.2) is 0 Å². The summed E-state index contributed by atoms with van der Waals surface area (Å²) in [6, 6.07) is 11.2. The highest BCUT2D eigenvalue weighted by atomic mass is 16.5. The zero-order valence-corrected chi connectivity index (χ0v) is 13.1. The summed E-state index contributed by atoms with van der Waals surface area (Å²) in [5.74, 6) is 0.494. The molecule has 5 heteroatoms. The quantitative estimate of drug-likeness (QED) is 0.697. The van der Waals surface area contributed by atoms with Gasteiger partial charge in [-0.2, -0.15) is 0 Å². The van der Waals surface area contributed by atoms with Crippen LogP contribution in [-0.2, 0) is 4.79 Å². The number of benzene rings is 2. The van der Waals surface area contributed by atoms with Gasteiger partial charge in [0.05, 0.1) is 7.11 Å². The zero-order chi connectivity index (χ0) is 16.4. The van der Waals surface area contributed by atoms with Crippen LogP contribution >= 0.6 is 0 Å². The monoisotopic (exact) mass is 310 g/mol. The summed E-state index contributed by atoms with van der Waals surface area (Å²) in [7, 11) is 1.63. The first-order valence-corrected chi connectivity index (χ1v) is 7.56. The van der Waals surface area contributed by atoms with Gasteiger partial charge in [-0.05, 0) is 29.5 Å². The molecule has 0 aromatic heterocycles. The minimum absolute atomic E-state index is 0.281. The number of methoxy groups -OCH3 is 1. The number of hydrogen-bond donors (Lipinski definition) is 1. The van der Waals surface area contributed by atoms with Crippen LogP contribution in [0.5, 0.6) is 5.75 Å². The Balaban J connectivity index is 2.05. The molecule has 1 heterocycles. The topological polar surface area (TPSA) is 58.6 Å². The molecule has 1 N–H and O–H groups in total. The highest BCUT2D eigenvalue weighted by molar-refractivity contribution is 6.14. The van der Waals surface area contributed by atoms with Crippen LogP contribution in [0.3, 0.4) is 0 Å². The molecular formula is C18H18N2O3. The molecule has 3 rings (SSSR count). The third-order valence-corrected chi connectivity index (χ3v) is 3.85. The van der Waals surface area contributed by atoms with Crippen LogP contribution in [0.2, 0.25) is 0 Å². The SMILES string of the molecule is CCCN1C(=O)N/C(=C/c2ccc(OC)c3ccccc23)C1=O.